The van der Waals surface area contributed by atoms with Gasteiger partial charge in [0.1, 0.15) is 0 Å². The van der Waals surface area contributed by atoms with Gasteiger partial charge >= 0.3 is 0 Å². The summed E-state index contributed by atoms with van der Waals surface area (Å²) in [6, 6.07) is 0. The van der Waals surface area contributed by atoms with E-state index in [2.05, 4.69) is 25.2 Å². The molecule has 13 heavy (non-hydrogen) atoms. The highest BCUT2D eigenvalue weighted by Gasteiger charge is 2.40. The van der Waals surface area contributed by atoms with Crippen LogP contribution in [0.15, 0.2) is 12.2 Å². The van der Waals surface area contributed by atoms with E-state index in [1.807, 2.05) is 0 Å². The number of fused-ring (bicyclic) bond motifs is 1. The van der Waals surface area contributed by atoms with Crippen LogP contribution in [0.1, 0.15) is 25.7 Å². The van der Waals surface area contributed by atoms with Crippen LogP contribution in [0.25, 0.3) is 0 Å². The van der Waals surface area contributed by atoms with Crippen LogP contribution in [0.3, 0.4) is 0 Å². The molecule has 0 N–H and O–H groups in total. The zero-order valence-electron chi connectivity index (χ0n) is 8.75. The molecule has 0 spiro atoms. The number of rotatable bonds is 0. The number of allylic oxidation sites excluding steroid dienone is 2. The van der Waals surface area contributed by atoms with E-state index in [4.69, 9.17) is 4.43 Å². The molecule has 0 aromatic heterocycles. The Hall–Kier alpha value is -0.0831. The molecule has 1 nitrogen and oxygen atoms in total. The van der Waals surface area contributed by atoms with E-state index in [0.29, 0.717) is 0 Å². The second-order valence-electron chi connectivity index (χ2n) is 4.87. The van der Waals surface area contributed by atoms with Gasteiger partial charge in [-0.3, -0.25) is 0 Å². The lowest BCUT2D eigenvalue weighted by Gasteiger charge is -2.35. The van der Waals surface area contributed by atoms with Gasteiger partial charge in [-0.2, -0.15) is 0 Å². The van der Waals surface area contributed by atoms with Crippen molar-refractivity contribution in [2.75, 3.05) is 6.61 Å². The Morgan fingerprint density at radius 2 is 2.15 bits per heavy atom. The van der Waals surface area contributed by atoms with Gasteiger partial charge < -0.3 is 4.43 Å². The molecule has 2 unspecified atom stereocenters. The molecule has 2 rings (SSSR count). The summed E-state index contributed by atoms with van der Waals surface area (Å²) in [7, 11) is -1.35. The third-order valence-corrected chi connectivity index (χ3v) is 7.04. The van der Waals surface area contributed by atoms with Gasteiger partial charge in [0.05, 0.1) is 0 Å². The lowest BCUT2D eigenvalue weighted by Crippen LogP contribution is -2.39. The summed E-state index contributed by atoms with van der Waals surface area (Å²) in [5, 5.41) is 0. The largest absolute Gasteiger partial charge is 0.417 e. The topological polar surface area (TPSA) is 9.23 Å². The number of hydrogen-bond acceptors (Lipinski definition) is 1. The van der Waals surface area contributed by atoms with Crippen LogP contribution in [0.2, 0.25) is 18.6 Å². The Labute approximate surface area is 82.3 Å². The zero-order chi connectivity index (χ0) is 9.31. The first-order valence-electron chi connectivity index (χ1n) is 5.51. The average molecular weight is 196 g/mol. The van der Waals surface area contributed by atoms with E-state index >= 15 is 0 Å². The van der Waals surface area contributed by atoms with E-state index in [0.717, 1.165) is 18.1 Å². The standard InChI is InChI=1S/C11H20OSi/c1-13(2)11-8-4-3-6-10(11)7-5-9-12-13/h3,6,10-11H,4-5,7-9H2,1-2H3. The van der Waals surface area contributed by atoms with Gasteiger partial charge in [-0.1, -0.05) is 12.2 Å². The van der Waals surface area contributed by atoms with Gasteiger partial charge in [-0.25, -0.2) is 0 Å². The first-order valence-corrected chi connectivity index (χ1v) is 8.49. The highest BCUT2D eigenvalue weighted by atomic mass is 28.4. The Morgan fingerprint density at radius 1 is 1.31 bits per heavy atom. The Balaban J connectivity index is 2.19. The normalized spacial score (nSPS) is 38.0. The van der Waals surface area contributed by atoms with Crippen molar-refractivity contribution in [3.63, 3.8) is 0 Å². The van der Waals surface area contributed by atoms with Crippen molar-refractivity contribution in [1.29, 1.82) is 0 Å². The summed E-state index contributed by atoms with van der Waals surface area (Å²) in [6.45, 7) is 5.81. The van der Waals surface area contributed by atoms with Crippen molar-refractivity contribution >= 4 is 8.32 Å². The predicted octanol–water partition coefficient (Wildman–Crippen LogP) is 3.34. The number of hydrogen-bond donors (Lipinski definition) is 0. The first-order chi connectivity index (χ1) is 6.20. The molecule has 0 saturated carbocycles. The van der Waals surface area contributed by atoms with E-state index in [-0.39, 0.29) is 0 Å². The van der Waals surface area contributed by atoms with Crippen LogP contribution in [0.4, 0.5) is 0 Å². The van der Waals surface area contributed by atoms with Gasteiger partial charge in [0.2, 0.25) is 0 Å². The molecule has 1 heterocycles. The molecule has 0 bridgehead atoms. The van der Waals surface area contributed by atoms with Gasteiger partial charge in [-0.15, -0.1) is 0 Å². The monoisotopic (exact) mass is 196 g/mol. The summed E-state index contributed by atoms with van der Waals surface area (Å²) >= 11 is 0. The van der Waals surface area contributed by atoms with Crippen LogP contribution in [-0.4, -0.2) is 14.9 Å². The van der Waals surface area contributed by atoms with Crippen LogP contribution < -0.4 is 0 Å². The molecule has 2 heteroatoms. The second kappa shape index (κ2) is 3.58. The molecule has 1 aliphatic carbocycles. The molecular weight excluding hydrogens is 176 g/mol. The van der Waals surface area contributed by atoms with E-state index in [1.165, 1.54) is 25.7 Å². The minimum Gasteiger partial charge on any atom is -0.417 e. The van der Waals surface area contributed by atoms with Crippen molar-refractivity contribution in [3.05, 3.63) is 12.2 Å². The van der Waals surface area contributed by atoms with Crippen molar-refractivity contribution in [1.82, 2.24) is 0 Å². The lowest BCUT2D eigenvalue weighted by molar-refractivity contribution is 0.306. The fourth-order valence-electron chi connectivity index (χ4n) is 2.82. The van der Waals surface area contributed by atoms with Crippen molar-refractivity contribution < 1.29 is 4.43 Å². The molecule has 0 aromatic carbocycles. The summed E-state index contributed by atoms with van der Waals surface area (Å²) in [5.74, 6) is 0.845. The molecule has 1 fully saturated rings. The SMILES string of the molecule is C[Si]1(C)OCCCC2C=CCCC21. The van der Waals surface area contributed by atoms with Gasteiger partial charge in [0.15, 0.2) is 8.32 Å². The first kappa shape index (κ1) is 9.47. The highest BCUT2D eigenvalue weighted by Crippen LogP contribution is 2.42. The van der Waals surface area contributed by atoms with Gasteiger partial charge in [0.25, 0.3) is 0 Å². The van der Waals surface area contributed by atoms with Crippen LogP contribution >= 0.6 is 0 Å². The van der Waals surface area contributed by atoms with Crippen molar-refractivity contribution in [2.45, 2.75) is 44.3 Å². The minimum atomic E-state index is -1.35. The molecule has 1 aliphatic heterocycles. The third kappa shape index (κ3) is 1.89. The average Bonchev–Trinajstić information content (AvgIpc) is 2.26. The van der Waals surface area contributed by atoms with Crippen molar-refractivity contribution in [3.8, 4) is 0 Å². The molecule has 2 aliphatic rings. The molecule has 0 radical (unpaired) electrons. The zero-order valence-corrected chi connectivity index (χ0v) is 9.75. The quantitative estimate of drug-likeness (QED) is 0.426. The molecule has 2 atom stereocenters. The van der Waals surface area contributed by atoms with E-state index in [9.17, 15) is 0 Å². The van der Waals surface area contributed by atoms with E-state index < -0.39 is 8.32 Å². The molecule has 0 aromatic rings. The third-order valence-electron chi connectivity index (χ3n) is 3.59. The summed E-state index contributed by atoms with van der Waals surface area (Å²) in [6.07, 6.45) is 10.1. The van der Waals surface area contributed by atoms with E-state index in [1.54, 1.807) is 0 Å². The summed E-state index contributed by atoms with van der Waals surface area (Å²) < 4.78 is 6.06. The molecule has 1 saturated heterocycles. The molecule has 74 valence electrons. The predicted molar refractivity (Wildman–Crippen MR) is 58.3 cm³/mol. The summed E-state index contributed by atoms with van der Waals surface area (Å²) in [4.78, 5) is 0. The van der Waals surface area contributed by atoms with Crippen LogP contribution in [0, 0.1) is 5.92 Å². The Morgan fingerprint density at radius 3 is 3.00 bits per heavy atom. The maximum absolute atomic E-state index is 6.06. The van der Waals surface area contributed by atoms with Crippen LogP contribution in [-0.2, 0) is 4.43 Å². The van der Waals surface area contributed by atoms with Gasteiger partial charge in [0, 0.05) is 6.61 Å². The maximum Gasteiger partial charge on any atom is 0.190 e. The molecular formula is C11H20OSi. The van der Waals surface area contributed by atoms with Crippen molar-refractivity contribution in [2.24, 2.45) is 5.92 Å². The Kier molecular flexibility index (Phi) is 2.61. The van der Waals surface area contributed by atoms with Crippen LogP contribution in [0.5, 0.6) is 0 Å². The maximum atomic E-state index is 6.06. The fraction of sp³-hybridized carbons (Fsp3) is 0.818. The van der Waals surface area contributed by atoms with Gasteiger partial charge in [-0.05, 0) is 50.2 Å². The smallest absolute Gasteiger partial charge is 0.190 e. The highest BCUT2D eigenvalue weighted by molar-refractivity contribution is 6.72. The minimum absolute atomic E-state index is 0.845. The fourth-order valence-corrected chi connectivity index (χ4v) is 5.87. The lowest BCUT2D eigenvalue weighted by atomic mass is 9.91. The molecule has 0 amide bonds. The summed E-state index contributed by atoms with van der Waals surface area (Å²) in [5.41, 5.74) is 0.889. The second-order valence-corrected chi connectivity index (χ2v) is 9.11. The Bertz CT molecular complexity index is 210.